The van der Waals surface area contributed by atoms with Crippen molar-refractivity contribution in [2.75, 3.05) is 6.54 Å². The maximum atomic E-state index is 9.72. The van der Waals surface area contributed by atoms with Gasteiger partial charge in [0.25, 0.3) is 0 Å². The predicted octanol–water partition coefficient (Wildman–Crippen LogP) is 4.21. The molecule has 0 amide bonds. The van der Waals surface area contributed by atoms with Crippen molar-refractivity contribution >= 4 is 15.9 Å². The van der Waals surface area contributed by atoms with E-state index in [-0.39, 0.29) is 0 Å². The Morgan fingerprint density at radius 2 is 2.00 bits per heavy atom. The van der Waals surface area contributed by atoms with Gasteiger partial charge in [-0.25, -0.2) is 0 Å². The van der Waals surface area contributed by atoms with Gasteiger partial charge in [-0.15, -0.1) is 0 Å². The Kier molecular flexibility index (Phi) is 5.51. The lowest BCUT2D eigenvalue weighted by atomic mass is 9.87. The van der Waals surface area contributed by atoms with Gasteiger partial charge in [-0.2, -0.15) is 0 Å². The smallest absolute Gasteiger partial charge is 0.120 e. The van der Waals surface area contributed by atoms with Crippen molar-refractivity contribution in [2.24, 2.45) is 5.92 Å². The highest BCUT2D eigenvalue weighted by atomic mass is 79.9. The van der Waals surface area contributed by atoms with Gasteiger partial charge in [-0.05, 0) is 37.1 Å². The van der Waals surface area contributed by atoms with Gasteiger partial charge in [0.15, 0.2) is 0 Å². The average Bonchev–Trinajstić information content (AvgIpc) is 2.40. The molecule has 0 saturated heterocycles. The third kappa shape index (κ3) is 4.29. The van der Waals surface area contributed by atoms with Crippen molar-refractivity contribution in [1.82, 2.24) is 5.32 Å². The minimum Gasteiger partial charge on any atom is -0.508 e. The Morgan fingerprint density at radius 3 is 2.78 bits per heavy atom. The van der Waals surface area contributed by atoms with Crippen LogP contribution in [-0.4, -0.2) is 11.7 Å². The summed E-state index contributed by atoms with van der Waals surface area (Å²) in [5.41, 5.74) is 0.966. The number of halogens is 1. The summed E-state index contributed by atoms with van der Waals surface area (Å²) in [6.07, 6.45) is 8.34. The van der Waals surface area contributed by atoms with Gasteiger partial charge in [0, 0.05) is 16.6 Å². The minimum atomic E-state index is 0.378. The number of rotatable bonds is 5. The summed E-state index contributed by atoms with van der Waals surface area (Å²) in [6.45, 7) is 1.80. The van der Waals surface area contributed by atoms with Gasteiger partial charge < -0.3 is 10.4 Å². The Morgan fingerprint density at radius 1 is 1.22 bits per heavy atom. The van der Waals surface area contributed by atoms with Crippen LogP contribution in [0.15, 0.2) is 22.7 Å². The van der Waals surface area contributed by atoms with Crippen LogP contribution in [0.1, 0.15) is 44.1 Å². The van der Waals surface area contributed by atoms with E-state index >= 15 is 0 Å². The Labute approximate surface area is 118 Å². The van der Waals surface area contributed by atoms with Crippen molar-refractivity contribution in [1.29, 1.82) is 0 Å². The number of aromatic hydroxyl groups is 1. The highest BCUT2D eigenvalue weighted by molar-refractivity contribution is 9.10. The lowest BCUT2D eigenvalue weighted by molar-refractivity contribution is 0.333. The number of nitrogens with one attached hydrogen (secondary N) is 1. The molecule has 0 atom stereocenters. The lowest BCUT2D eigenvalue weighted by Crippen LogP contribution is -2.19. The Bertz CT molecular complexity index is 375. The number of benzene rings is 1. The van der Waals surface area contributed by atoms with E-state index in [1.165, 1.54) is 38.5 Å². The molecule has 0 radical (unpaired) electrons. The molecule has 100 valence electrons. The normalized spacial score (nSPS) is 16.9. The van der Waals surface area contributed by atoms with E-state index in [1.807, 2.05) is 12.1 Å². The Balaban J connectivity index is 1.69. The second-order valence-electron chi connectivity index (χ2n) is 5.24. The van der Waals surface area contributed by atoms with Gasteiger partial charge in [0.1, 0.15) is 5.75 Å². The molecule has 0 aromatic heterocycles. The molecule has 2 N–H and O–H groups in total. The van der Waals surface area contributed by atoms with E-state index in [9.17, 15) is 5.11 Å². The molecule has 1 aromatic carbocycles. The molecule has 0 unspecified atom stereocenters. The topological polar surface area (TPSA) is 32.3 Å². The summed E-state index contributed by atoms with van der Waals surface area (Å²) in [7, 11) is 0. The van der Waals surface area contributed by atoms with E-state index in [0.29, 0.717) is 5.75 Å². The van der Waals surface area contributed by atoms with Gasteiger partial charge in [0.2, 0.25) is 0 Å². The van der Waals surface area contributed by atoms with Crippen molar-refractivity contribution in [3.63, 3.8) is 0 Å². The van der Waals surface area contributed by atoms with Crippen LogP contribution in [-0.2, 0) is 6.54 Å². The molecule has 2 rings (SSSR count). The van der Waals surface area contributed by atoms with E-state index in [4.69, 9.17) is 0 Å². The fraction of sp³-hybridized carbons (Fsp3) is 0.600. The lowest BCUT2D eigenvalue weighted by Gasteiger charge is -2.21. The standard InChI is InChI=1S/C15H22BrNO/c16-14-6-7-15(18)13(10-14)11-17-9-8-12-4-2-1-3-5-12/h6-7,10,12,17-18H,1-5,8-9,11H2. The molecule has 18 heavy (non-hydrogen) atoms. The molecule has 3 heteroatoms. The molecule has 1 aromatic rings. The maximum absolute atomic E-state index is 9.72. The fourth-order valence-corrected chi connectivity index (χ4v) is 3.11. The van der Waals surface area contributed by atoms with E-state index in [0.717, 1.165) is 29.0 Å². The summed E-state index contributed by atoms with van der Waals surface area (Å²) in [4.78, 5) is 0. The first-order valence-corrected chi connectivity index (χ1v) is 7.73. The molecular weight excluding hydrogens is 290 g/mol. The van der Waals surface area contributed by atoms with Crippen molar-refractivity contribution in [3.05, 3.63) is 28.2 Å². The van der Waals surface area contributed by atoms with Crippen molar-refractivity contribution in [3.8, 4) is 5.75 Å². The molecule has 2 nitrogen and oxygen atoms in total. The second-order valence-corrected chi connectivity index (χ2v) is 6.16. The molecule has 0 bridgehead atoms. The van der Waals surface area contributed by atoms with Gasteiger partial charge >= 0.3 is 0 Å². The van der Waals surface area contributed by atoms with E-state index in [1.54, 1.807) is 6.07 Å². The second kappa shape index (κ2) is 7.15. The van der Waals surface area contributed by atoms with Crippen LogP contribution in [0.25, 0.3) is 0 Å². The minimum absolute atomic E-state index is 0.378. The molecule has 0 heterocycles. The van der Waals surface area contributed by atoms with Crippen LogP contribution in [0, 0.1) is 5.92 Å². The van der Waals surface area contributed by atoms with Crippen LogP contribution >= 0.6 is 15.9 Å². The number of hydrogen-bond donors (Lipinski definition) is 2. The molecule has 0 spiro atoms. The van der Waals surface area contributed by atoms with Crippen LogP contribution in [0.3, 0.4) is 0 Å². The summed E-state index contributed by atoms with van der Waals surface area (Å²) in [5.74, 6) is 1.30. The zero-order valence-electron chi connectivity index (χ0n) is 10.8. The first-order chi connectivity index (χ1) is 8.75. The van der Waals surface area contributed by atoms with Crippen LogP contribution < -0.4 is 5.32 Å². The van der Waals surface area contributed by atoms with Gasteiger partial charge in [-0.1, -0.05) is 48.0 Å². The fourth-order valence-electron chi connectivity index (χ4n) is 2.70. The van der Waals surface area contributed by atoms with Crippen LogP contribution in [0.4, 0.5) is 0 Å². The summed E-state index contributed by atoms with van der Waals surface area (Å²) >= 11 is 3.43. The molecule has 1 saturated carbocycles. The van der Waals surface area contributed by atoms with Gasteiger partial charge in [0.05, 0.1) is 0 Å². The predicted molar refractivity (Wildman–Crippen MR) is 78.7 cm³/mol. The molecule has 1 aliphatic rings. The SMILES string of the molecule is Oc1ccc(Br)cc1CNCCC1CCCCC1. The molecule has 1 aliphatic carbocycles. The third-order valence-corrected chi connectivity index (χ3v) is 4.30. The average molecular weight is 312 g/mol. The zero-order chi connectivity index (χ0) is 12.8. The van der Waals surface area contributed by atoms with E-state index in [2.05, 4.69) is 21.2 Å². The zero-order valence-corrected chi connectivity index (χ0v) is 12.4. The van der Waals surface area contributed by atoms with Crippen LogP contribution in [0.5, 0.6) is 5.75 Å². The quantitative estimate of drug-likeness (QED) is 0.798. The van der Waals surface area contributed by atoms with Crippen molar-refractivity contribution in [2.45, 2.75) is 45.1 Å². The van der Waals surface area contributed by atoms with Gasteiger partial charge in [-0.3, -0.25) is 0 Å². The summed E-state index contributed by atoms with van der Waals surface area (Å²) in [6, 6.07) is 5.58. The first kappa shape index (κ1) is 13.9. The largest absolute Gasteiger partial charge is 0.508 e. The number of hydrogen-bond acceptors (Lipinski definition) is 2. The highest BCUT2D eigenvalue weighted by Crippen LogP contribution is 2.26. The maximum Gasteiger partial charge on any atom is 0.120 e. The van der Waals surface area contributed by atoms with Crippen molar-refractivity contribution < 1.29 is 5.11 Å². The third-order valence-electron chi connectivity index (χ3n) is 3.81. The number of phenolic OH excluding ortho intramolecular Hbond substituents is 1. The Hall–Kier alpha value is -0.540. The van der Waals surface area contributed by atoms with Crippen LogP contribution in [0.2, 0.25) is 0 Å². The summed E-state index contributed by atoms with van der Waals surface area (Å²) in [5, 5.41) is 13.2. The number of phenols is 1. The summed E-state index contributed by atoms with van der Waals surface area (Å²) < 4.78 is 1.02. The monoisotopic (exact) mass is 311 g/mol. The molecule has 1 fully saturated rings. The first-order valence-electron chi connectivity index (χ1n) is 6.94. The molecular formula is C15H22BrNO. The van der Waals surface area contributed by atoms with E-state index < -0.39 is 0 Å². The highest BCUT2D eigenvalue weighted by Gasteiger charge is 2.12. The molecule has 0 aliphatic heterocycles.